The van der Waals surface area contributed by atoms with Crippen LogP contribution in [0.15, 0.2) is 0 Å². The monoisotopic (exact) mass is 256 g/mol. The van der Waals surface area contributed by atoms with Crippen LogP contribution in [0.1, 0.15) is 20.8 Å². The summed E-state index contributed by atoms with van der Waals surface area (Å²) in [6, 6.07) is 0.405. The lowest BCUT2D eigenvalue weighted by molar-refractivity contribution is 0.0217. The van der Waals surface area contributed by atoms with Crippen molar-refractivity contribution in [1.82, 2.24) is 9.80 Å². The highest BCUT2D eigenvalue weighted by atomic mass is 16.6. The number of amides is 1. The third kappa shape index (κ3) is 2.78. The minimum absolute atomic E-state index is 0.171. The summed E-state index contributed by atoms with van der Waals surface area (Å²) in [6.45, 7) is 7.83. The first kappa shape index (κ1) is 13.6. The molecule has 0 aliphatic carbocycles. The second kappa shape index (κ2) is 4.70. The second-order valence-electron chi connectivity index (χ2n) is 6.45. The highest BCUT2D eigenvalue weighted by Gasteiger charge is 2.46. The van der Waals surface area contributed by atoms with Crippen molar-refractivity contribution in [1.29, 1.82) is 0 Å². The summed E-state index contributed by atoms with van der Waals surface area (Å²) < 4.78 is 11.2. The molecule has 0 aromatic carbocycles. The average molecular weight is 256 g/mol. The Hall–Kier alpha value is -0.810. The summed E-state index contributed by atoms with van der Waals surface area (Å²) >= 11 is 0. The van der Waals surface area contributed by atoms with Gasteiger partial charge in [-0.05, 0) is 34.9 Å². The molecule has 104 valence electrons. The lowest BCUT2D eigenvalue weighted by Crippen LogP contribution is -2.40. The third-order valence-corrected chi connectivity index (χ3v) is 3.60. The zero-order valence-corrected chi connectivity index (χ0v) is 12.0. The van der Waals surface area contributed by atoms with Gasteiger partial charge >= 0.3 is 6.09 Å². The van der Waals surface area contributed by atoms with Gasteiger partial charge in [-0.1, -0.05) is 0 Å². The normalized spacial score (nSPS) is 31.9. The number of nitrogens with zero attached hydrogens (tertiary/aromatic N) is 2. The molecular formula is C13H24N2O3. The molecule has 2 aliphatic heterocycles. The van der Waals surface area contributed by atoms with E-state index in [1.165, 1.54) is 0 Å². The van der Waals surface area contributed by atoms with E-state index in [-0.39, 0.29) is 12.2 Å². The van der Waals surface area contributed by atoms with Gasteiger partial charge in [0.15, 0.2) is 0 Å². The summed E-state index contributed by atoms with van der Waals surface area (Å²) in [6.07, 6.45) is -0.0528. The number of rotatable bonds is 1. The first-order valence-corrected chi connectivity index (χ1v) is 6.54. The van der Waals surface area contributed by atoms with Gasteiger partial charge in [-0.3, -0.25) is 0 Å². The van der Waals surface area contributed by atoms with E-state index in [0.717, 1.165) is 13.2 Å². The molecule has 0 saturated carbocycles. The summed E-state index contributed by atoms with van der Waals surface area (Å²) in [4.78, 5) is 16.0. The number of carbonyl (C=O) groups excluding carboxylic acids is 1. The van der Waals surface area contributed by atoms with Gasteiger partial charge in [0.1, 0.15) is 5.60 Å². The highest BCUT2D eigenvalue weighted by Crippen LogP contribution is 2.32. The van der Waals surface area contributed by atoms with Crippen LogP contribution in [0.25, 0.3) is 0 Å². The van der Waals surface area contributed by atoms with Gasteiger partial charge in [-0.2, -0.15) is 0 Å². The smallest absolute Gasteiger partial charge is 0.410 e. The SMILES string of the molecule is CN(C)C1COC2CN(C(=O)OC(C)(C)C)CC21. The molecule has 5 heteroatoms. The van der Waals surface area contributed by atoms with E-state index < -0.39 is 5.60 Å². The molecule has 2 heterocycles. The van der Waals surface area contributed by atoms with Crippen LogP contribution in [-0.2, 0) is 9.47 Å². The van der Waals surface area contributed by atoms with Crippen molar-refractivity contribution in [3.63, 3.8) is 0 Å². The van der Waals surface area contributed by atoms with Crippen LogP contribution in [0.4, 0.5) is 4.79 Å². The topological polar surface area (TPSA) is 42.0 Å². The fourth-order valence-corrected chi connectivity index (χ4v) is 2.70. The Morgan fingerprint density at radius 2 is 2.00 bits per heavy atom. The Morgan fingerprint density at radius 3 is 2.56 bits per heavy atom. The van der Waals surface area contributed by atoms with Crippen LogP contribution in [0.3, 0.4) is 0 Å². The molecule has 0 bridgehead atoms. The van der Waals surface area contributed by atoms with Crippen LogP contribution in [0.2, 0.25) is 0 Å². The van der Waals surface area contributed by atoms with E-state index in [4.69, 9.17) is 9.47 Å². The molecule has 3 atom stereocenters. The molecule has 1 amide bonds. The lowest BCUT2D eigenvalue weighted by Gasteiger charge is -2.26. The van der Waals surface area contributed by atoms with Gasteiger partial charge in [0.25, 0.3) is 0 Å². The third-order valence-electron chi connectivity index (χ3n) is 3.60. The molecule has 18 heavy (non-hydrogen) atoms. The summed E-state index contributed by atoms with van der Waals surface area (Å²) in [7, 11) is 4.12. The van der Waals surface area contributed by atoms with Crippen molar-refractivity contribution in [2.75, 3.05) is 33.8 Å². The maximum atomic E-state index is 12.0. The van der Waals surface area contributed by atoms with E-state index >= 15 is 0 Å². The number of fused-ring (bicyclic) bond motifs is 1. The standard InChI is InChI=1S/C13H24N2O3/c1-13(2,3)18-12(16)15-6-9-10(14(4)5)8-17-11(9)7-15/h9-11H,6-8H2,1-5H3. The minimum Gasteiger partial charge on any atom is -0.444 e. The molecule has 2 aliphatic rings. The van der Waals surface area contributed by atoms with Crippen LogP contribution >= 0.6 is 0 Å². The van der Waals surface area contributed by atoms with Crippen molar-refractivity contribution in [2.45, 2.75) is 38.5 Å². The Morgan fingerprint density at radius 1 is 1.33 bits per heavy atom. The predicted molar refractivity (Wildman–Crippen MR) is 68.5 cm³/mol. The molecule has 3 unspecified atom stereocenters. The van der Waals surface area contributed by atoms with Gasteiger partial charge in [0.2, 0.25) is 0 Å². The number of likely N-dealkylation sites (tertiary alicyclic amines) is 1. The molecule has 5 nitrogen and oxygen atoms in total. The molecular weight excluding hydrogens is 232 g/mol. The summed E-state index contributed by atoms with van der Waals surface area (Å²) in [5.74, 6) is 0.410. The largest absolute Gasteiger partial charge is 0.444 e. The average Bonchev–Trinajstić information content (AvgIpc) is 2.70. The van der Waals surface area contributed by atoms with Crippen molar-refractivity contribution in [2.24, 2.45) is 5.92 Å². The molecule has 0 radical (unpaired) electrons. The summed E-state index contributed by atoms with van der Waals surface area (Å²) in [5.41, 5.74) is -0.434. The molecule has 0 spiro atoms. The van der Waals surface area contributed by atoms with Gasteiger partial charge in [-0.25, -0.2) is 4.79 Å². The Labute approximate surface area is 109 Å². The van der Waals surface area contributed by atoms with Crippen molar-refractivity contribution < 1.29 is 14.3 Å². The molecule has 0 aromatic rings. The number of carbonyl (C=O) groups is 1. The van der Waals surface area contributed by atoms with Crippen molar-refractivity contribution in [3.8, 4) is 0 Å². The van der Waals surface area contributed by atoms with Crippen molar-refractivity contribution >= 4 is 6.09 Å². The Kier molecular flexibility index (Phi) is 3.56. The molecule has 2 rings (SSSR count). The number of hydrogen-bond donors (Lipinski definition) is 0. The predicted octanol–water partition coefficient (Wildman–Crippen LogP) is 1.18. The number of ether oxygens (including phenoxy) is 2. The van der Waals surface area contributed by atoms with Gasteiger partial charge in [-0.15, -0.1) is 0 Å². The fraction of sp³-hybridized carbons (Fsp3) is 0.923. The van der Waals surface area contributed by atoms with Crippen LogP contribution in [0.5, 0.6) is 0 Å². The maximum Gasteiger partial charge on any atom is 0.410 e. The number of hydrogen-bond acceptors (Lipinski definition) is 4. The highest BCUT2D eigenvalue weighted by molar-refractivity contribution is 5.68. The van der Waals surface area contributed by atoms with E-state index in [9.17, 15) is 4.79 Å². The molecule has 0 N–H and O–H groups in total. The zero-order valence-electron chi connectivity index (χ0n) is 12.0. The van der Waals surface area contributed by atoms with Crippen LogP contribution in [-0.4, -0.2) is 67.4 Å². The van der Waals surface area contributed by atoms with E-state index in [1.807, 2.05) is 20.8 Å². The Balaban J connectivity index is 1.95. The number of likely N-dealkylation sites (N-methyl/N-ethyl adjacent to an activating group) is 1. The Bertz CT molecular complexity index is 325. The maximum absolute atomic E-state index is 12.0. The van der Waals surface area contributed by atoms with Crippen molar-refractivity contribution in [3.05, 3.63) is 0 Å². The molecule has 2 saturated heterocycles. The van der Waals surface area contributed by atoms with E-state index in [2.05, 4.69) is 19.0 Å². The van der Waals surface area contributed by atoms with Gasteiger partial charge in [0, 0.05) is 18.5 Å². The first-order chi connectivity index (χ1) is 8.28. The van der Waals surface area contributed by atoms with Crippen LogP contribution in [0, 0.1) is 5.92 Å². The quantitative estimate of drug-likeness (QED) is 0.706. The van der Waals surface area contributed by atoms with Gasteiger partial charge < -0.3 is 19.3 Å². The molecule has 0 aromatic heterocycles. The van der Waals surface area contributed by atoms with Gasteiger partial charge in [0.05, 0.1) is 19.3 Å². The fourth-order valence-electron chi connectivity index (χ4n) is 2.70. The van der Waals surface area contributed by atoms with E-state index in [0.29, 0.717) is 18.5 Å². The zero-order chi connectivity index (χ0) is 13.5. The van der Waals surface area contributed by atoms with E-state index in [1.54, 1.807) is 4.90 Å². The first-order valence-electron chi connectivity index (χ1n) is 6.54. The summed E-state index contributed by atoms with van der Waals surface area (Å²) in [5, 5.41) is 0. The molecule has 2 fully saturated rings. The lowest BCUT2D eigenvalue weighted by atomic mass is 10.00. The minimum atomic E-state index is -0.434. The second-order valence-corrected chi connectivity index (χ2v) is 6.45. The van der Waals surface area contributed by atoms with Crippen LogP contribution < -0.4 is 0 Å².